The van der Waals surface area contributed by atoms with Gasteiger partial charge in [-0.25, -0.2) is 0 Å². The van der Waals surface area contributed by atoms with Crippen molar-refractivity contribution in [2.45, 2.75) is 18.4 Å². The zero-order valence-corrected chi connectivity index (χ0v) is 12.5. The summed E-state index contributed by atoms with van der Waals surface area (Å²) in [5.74, 6) is 2.10. The number of likely N-dealkylation sites (N-methyl/N-ethyl adjacent to an activating group) is 1. The Labute approximate surface area is 125 Å². The summed E-state index contributed by atoms with van der Waals surface area (Å²) < 4.78 is 6.20. The Bertz CT molecular complexity index is 712. The van der Waals surface area contributed by atoms with Gasteiger partial charge < -0.3 is 15.4 Å². The zero-order chi connectivity index (χ0) is 14.6. The van der Waals surface area contributed by atoms with Crippen molar-refractivity contribution in [2.75, 3.05) is 20.1 Å². The van der Waals surface area contributed by atoms with Crippen LogP contribution in [0.1, 0.15) is 22.6 Å². The summed E-state index contributed by atoms with van der Waals surface area (Å²) in [5, 5.41) is 0. The lowest BCUT2D eigenvalue weighted by atomic mass is 9.77. The molecule has 3 heteroatoms. The number of likely N-dealkylation sites (tertiary alicyclic amines) is 1. The highest BCUT2D eigenvalue weighted by atomic mass is 16.5. The first-order valence-corrected chi connectivity index (χ1v) is 7.43. The minimum absolute atomic E-state index is 0.266. The molecule has 2 N–H and O–H groups in total. The monoisotopic (exact) mass is 280 g/mol. The normalized spacial score (nSPS) is 27.3. The van der Waals surface area contributed by atoms with Gasteiger partial charge in [-0.3, -0.25) is 0 Å². The minimum Gasteiger partial charge on any atom is -0.457 e. The highest BCUT2D eigenvalue weighted by Crippen LogP contribution is 2.50. The molecule has 4 rings (SSSR count). The van der Waals surface area contributed by atoms with E-state index in [2.05, 4.69) is 49.2 Å². The maximum absolute atomic E-state index is 6.93. The van der Waals surface area contributed by atoms with Crippen molar-refractivity contribution < 1.29 is 4.74 Å². The van der Waals surface area contributed by atoms with E-state index in [0.717, 1.165) is 30.2 Å². The van der Waals surface area contributed by atoms with Crippen LogP contribution in [0.4, 0.5) is 0 Å². The van der Waals surface area contributed by atoms with Crippen LogP contribution in [0.5, 0.6) is 11.5 Å². The van der Waals surface area contributed by atoms with Crippen molar-refractivity contribution in [1.82, 2.24) is 4.90 Å². The molecular weight excluding hydrogens is 260 g/mol. The molecule has 0 aliphatic carbocycles. The Morgan fingerprint density at radius 3 is 2.86 bits per heavy atom. The van der Waals surface area contributed by atoms with Gasteiger partial charge in [0.15, 0.2) is 0 Å². The van der Waals surface area contributed by atoms with E-state index < -0.39 is 0 Å². The van der Waals surface area contributed by atoms with Crippen LogP contribution in [0.2, 0.25) is 0 Å². The summed E-state index contributed by atoms with van der Waals surface area (Å²) in [5.41, 5.74) is 10.1. The minimum atomic E-state index is -0.386. The summed E-state index contributed by atoms with van der Waals surface area (Å²) in [6, 6.07) is 14.6. The smallest absolute Gasteiger partial charge is 0.132 e. The lowest BCUT2D eigenvalue weighted by Crippen LogP contribution is -2.43. The SMILES string of the molecule is Cc1ccc2c(c1)[C@]1(N)CN(C)C[C@H]1c1ccccc1O2. The molecule has 2 aliphatic heterocycles. The number of hydrogen-bond donors (Lipinski definition) is 1. The molecule has 0 aromatic heterocycles. The molecule has 0 saturated carbocycles. The Morgan fingerprint density at radius 1 is 1.19 bits per heavy atom. The molecule has 2 aromatic rings. The third-order valence-electron chi connectivity index (χ3n) is 4.80. The van der Waals surface area contributed by atoms with Gasteiger partial charge in [0.05, 0.1) is 5.54 Å². The maximum atomic E-state index is 6.93. The van der Waals surface area contributed by atoms with Gasteiger partial charge in [-0.15, -0.1) is 0 Å². The number of ether oxygens (including phenoxy) is 1. The molecule has 0 spiro atoms. The Hall–Kier alpha value is -1.84. The van der Waals surface area contributed by atoms with Crippen LogP contribution >= 0.6 is 0 Å². The van der Waals surface area contributed by atoms with E-state index in [1.165, 1.54) is 11.1 Å². The second kappa shape index (κ2) is 4.33. The van der Waals surface area contributed by atoms with Crippen LogP contribution in [0, 0.1) is 6.92 Å². The number of hydrogen-bond acceptors (Lipinski definition) is 3. The van der Waals surface area contributed by atoms with Crippen LogP contribution in [0.25, 0.3) is 0 Å². The van der Waals surface area contributed by atoms with E-state index in [1.54, 1.807) is 0 Å². The Morgan fingerprint density at radius 2 is 2.00 bits per heavy atom. The molecule has 108 valence electrons. The van der Waals surface area contributed by atoms with Crippen molar-refractivity contribution in [3.05, 3.63) is 59.2 Å². The number of nitrogens with zero attached hydrogens (tertiary/aromatic N) is 1. The predicted molar refractivity (Wildman–Crippen MR) is 83.8 cm³/mol. The van der Waals surface area contributed by atoms with Gasteiger partial charge in [-0.2, -0.15) is 0 Å². The van der Waals surface area contributed by atoms with Gasteiger partial charge in [0.1, 0.15) is 11.5 Å². The number of benzene rings is 2. The van der Waals surface area contributed by atoms with Crippen LogP contribution in [-0.2, 0) is 5.54 Å². The third-order valence-corrected chi connectivity index (χ3v) is 4.80. The van der Waals surface area contributed by atoms with E-state index in [-0.39, 0.29) is 11.5 Å². The fourth-order valence-electron chi connectivity index (χ4n) is 3.82. The molecule has 21 heavy (non-hydrogen) atoms. The summed E-state index contributed by atoms with van der Waals surface area (Å²) in [6.07, 6.45) is 0. The molecule has 2 atom stereocenters. The van der Waals surface area contributed by atoms with Crippen LogP contribution in [-0.4, -0.2) is 25.0 Å². The van der Waals surface area contributed by atoms with E-state index in [0.29, 0.717) is 0 Å². The molecular formula is C18H20N2O. The van der Waals surface area contributed by atoms with Gasteiger partial charge in [0, 0.05) is 30.1 Å². The highest BCUT2D eigenvalue weighted by molar-refractivity contribution is 5.53. The van der Waals surface area contributed by atoms with Crippen molar-refractivity contribution in [1.29, 1.82) is 0 Å². The van der Waals surface area contributed by atoms with Crippen molar-refractivity contribution in [2.24, 2.45) is 5.73 Å². The second-order valence-electron chi connectivity index (χ2n) is 6.43. The van der Waals surface area contributed by atoms with Crippen LogP contribution in [0.3, 0.4) is 0 Å². The largest absolute Gasteiger partial charge is 0.457 e. The number of rotatable bonds is 0. The third kappa shape index (κ3) is 1.81. The number of nitrogens with two attached hydrogens (primary N) is 1. The molecule has 2 aromatic carbocycles. The standard InChI is InChI=1S/C18H20N2O/c1-12-7-8-17-14(9-12)18(19)11-20(2)10-15(18)13-5-3-4-6-16(13)21-17/h3-9,15H,10-11,19H2,1-2H3/t15-,18+/m0/s1. The maximum Gasteiger partial charge on any atom is 0.132 e. The number of para-hydroxylation sites is 1. The molecule has 3 nitrogen and oxygen atoms in total. The van der Waals surface area contributed by atoms with E-state index in [4.69, 9.17) is 10.5 Å². The summed E-state index contributed by atoms with van der Waals surface area (Å²) in [4.78, 5) is 2.32. The summed E-state index contributed by atoms with van der Waals surface area (Å²) >= 11 is 0. The van der Waals surface area contributed by atoms with E-state index in [1.807, 2.05) is 12.1 Å². The zero-order valence-electron chi connectivity index (χ0n) is 12.5. The summed E-state index contributed by atoms with van der Waals surface area (Å²) in [6.45, 7) is 3.92. The van der Waals surface area contributed by atoms with Crippen LogP contribution in [0.15, 0.2) is 42.5 Å². The van der Waals surface area contributed by atoms with E-state index >= 15 is 0 Å². The molecule has 0 amide bonds. The lowest BCUT2D eigenvalue weighted by molar-refractivity contribution is 0.366. The highest BCUT2D eigenvalue weighted by Gasteiger charge is 2.48. The van der Waals surface area contributed by atoms with Crippen molar-refractivity contribution >= 4 is 0 Å². The second-order valence-corrected chi connectivity index (χ2v) is 6.43. The average molecular weight is 280 g/mol. The van der Waals surface area contributed by atoms with Gasteiger partial charge in [-0.05, 0) is 26.1 Å². The molecule has 2 aliphatic rings. The predicted octanol–water partition coefficient (Wildman–Crippen LogP) is 2.98. The van der Waals surface area contributed by atoms with Crippen LogP contribution < -0.4 is 10.5 Å². The Balaban J connectivity index is 2.00. The fraction of sp³-hybridized carbons (Fsp3) is 0.333. The Kier molecular flexibility index (Phi) is 2.65. The molecule has 0 unspecified atom stereocenters. The van der Waals surface area contributed by atoms with Crippen molar-refractivity contribution in [3.8, 4) is 11.5 Å². The number of aryl methyl sites for hydroxylation is 1. The summed E-state index contributed by atoms with van der Waals surface area (Å²) in [7, 11) is 2.14. The van der Waals surface area contributed by atoms with Gasteiger partial charge in [-0.1, -0.05) is 35.9 Å². The van der Waals surface area contributed by atoms with Gasteiger partial charge >= 0.3 is 0 Å². The first kappa shape index (κ1) is 12.9. The fourth-order valence-corrected chi connectivity index (χ4v) is 3.82. The average Bonchev–Trinajstić information content (AvgIpc) is 2.73. The molecule has 2 heterocycles. The first-order chi connectivity index (χ1) is 10.1. The van der Waals surface area contributed by atoms with Crippen molar-refractivity contribution in [3.63, 3.8) is 0 Å². The molecule has 0 radical (unpaired) electrons. The van der Waals surface area contributed by atoms with Gasteiger partial charge in [0.2, 0.25) is 0 Å². The lowest BCUT2D eigenvalue weighted by Gasteiger charge is -2.30. The quantitative estimate of drug-likeness (QED) is 0.806. The molecule has 0 bridgehead atoms. The topological polar surface area (TPSA) is 38.5 Å². The molecule has 1 saturated heterocycles. The van der Waals surface area contributed by atoms with Gasteiger partial charge in [0.25, 0.3) is 0 Å². The van der Waals surface area contributed by atoms with E-state index in [9.17, 15) is 0 Å². The number of fused-ring (bicyclic) bond motifs is 5. The first-order valence-electron chi connectivity index (χ1n) is 7.43. The molecule has 1 fully saturated rings.